The normalized spacial score (nSPS) is 9.23. The quantitative estimate of drug-likeness (QED) is 0.397. The van der Waals surface area contributed by atoms with E-state index < -0.39 is 11.9 Å². The molecular weight excluding hydrogens is 172 g/mol. The van der Waals surface area contributed by atoms with Crippen molar-refractivity contribution in [3.63, 3.8) is 0 Å². The molecule has 0 aromatic heterocycles. The maximum atomic E-state index is 10.9. The van der Waals surface area contributed by atoms with Crippen molar-refractivity contribution in [1.29, 1.82) is 0 Å². The number of nitrogens with one attached hydrogen (secondary N) is 3. The average Bonchev–Trinajstić information content (AvgIpc) is 1.98. The fourth-order valence-corrected chi connectivity index (χ4v) is 0.451. The highest BCUT2D eigenvalue weighted by Crippen LogP contribution is 1.82. The number of hydrazine groups is 2. The van der Waals surface area contributed by atoms with Crippen LogP contribution in [0.1, 0.15) is 6.92 Å². The van der Waals surface area contributed by atoms with Crippen LogP contribution in [0.5, 0.6) is 0 Å². The standard InChI is InChI=1S/C7H14N4O2/c1-5(2)6(12)8-9-7(13)10-11(3)4/h1H2,2-4H3,(H,8,12)(H2,9,10,13). The maximum absolute atomic E-state index is 10.9. The Balaban J connectivity index is 3.71. The van der Waals surface area contributed by atoms with Crippen molar-refractivity contribution < 1.29 is 9.59 Å². The third-order valence-electron chi connectivity index (χ3n) is 1.00. The van der Waals surface area contributed by atoms with Gasteiger partial charge < -0.3 is 0 Å². The molecule has 0 fully saturated rings. The molecule has 0 aromatic carbocycles. The predicted molar refractivity (Wildman–Crippen MR) is 48.3 cm³/mol. The van der Waals surface area contributed by atoms with Crippen LogP contribution in [-0.4, -0.2) is 31.0 Å². The lowest BCUT2D eigenvalue weighted by Gasteiger charge is -2.13. The predicted octanol–water partition coefficient (Wildman–Crippen LogP) is -0.630. The highest BCUT2D eigenvalue weighted by Gasteiger charge is 2.03. The van der Waals surface area contributed by atoms with Gasteiger partial charge in [-0.3, -0.25) is 15.6 Å². The van der Waals surface area contributed by atoms with Crippen molar-refractivity contribution in [2.45, 2.75) is 6.92 Å². The molecule has 0 aliphatic rings. The molecule has 0 rings (SSSR count). The van der Waals surface area contributed by atoms with Crippen LogP contribution in [0.15, 0.2) is 12.2 Å². The van der Waals surface area contributed by atoms with E-state index in [1.54, 1.807) is 21.0 Å². The van der Waals surface area contributed by atoms with E-state index in [2.05, 4.69) is 22.9 Å². The summed E-state index contributed by atoms with van der Waals surface area (Å²) in [5.74, 6) is -0.422. The number of nitrogens with zero attached hydrogens (tertiary/aromatic N) is 1. The average molecular weight is 186 g/mol. The van der Waals surface area contributed by atoms with Gasteiger partial charge in [-0.15, -0.1) is 0 Å². The van der Waals surface area contributed by atoms with Gasteiger partial charge in [-0.25, -0.2) is 15.2 Å². The second kappa shape index (κ2) is 5.15. The first kappa shape index (κ1) is 11.4. The molecule has 3 N–H and O–H groups in total. The van der Waals surface area contributed by atoms with E-state index in [4.69, 9.17) is 0 Å². The molecule has 0 aromatic rings. The van der Waals surface area contributed by atoms with E-state index in [0.717, 1.165) is 0 Å². The van der Waals surface area contributed by atoms with Gasteiger partial charge in [-0.2, -0.15) is 0 Å². The monoisotopic (exact) mass is 186 g/mol. The minimum atomic E-state index is -0.514. The Hall–Kier alpha value is -1.56. The summed E-state index contributed by atoms with van der Waals surface area (Å²) < 4.78 is 0. The molecule has 0 unspecified atom stereocenters. The van der Waals surface area contributed by atoms with Crippen LogP contribution in [-0.2, 0) is 4.79 Å². The molecule has 0 bridgehead atoms. The molecule has 13 heavy (non-hydrogen) atoms. The van der Waals surface area contributed by atoms with E-state index in [9.17, 15) is 9.59 Å². The minimum absolute atomic E-state index is 0.324. The maximum Gasteiger partial charge on any atom is 0.347 e. The molecule has 6 heteroatoms. The second-order valence-electron chi connectivity index (χ2n) is 2.69. The SMILES string of the molecule is C=C(C)C(=O)NNC(=O)NN(C)C. The molecule has 0 aliphatic carbocycles. The highest BCUT2D eigenvalue weighted by molar-refractivity contribution is 5.93. The minimum Gasteiger partial charge on any atom is -0.270 e. The zero-order valence-corrected chi connectivity index (χ0v) is 7.97. The van der Waals surface area contributed by atoms with Gasteiger partial charge in [0.2, 0.25) is 0 Å². The van der Waals surface area contributed by atoms with Crippen LogP contribution in [0.4, 0.5) is 4.79 Å². The summed E-state index contributed by atoms with van der Waals surface area (Å²) in [5.41, 5.74) is 7.00. The first-order valence-electron chi connectivity index (χ1n) is 3.63. The van der Waals surface area contributed by atoms with Gasteiger partial charge in [0.1, 0.15) is 0 Å². The molecule has 0 heterocycles. The van der Waals surface area contributed by atoms with Crippen LogP contribution in [0.25, 0.3) is 0 Å². The number of urea groups is 1. The van der Waals surface area contributed by atoms with E-state index in [0.29, 0.717) is 5.57 Å². The lowest BCUT2D eigenvalue weighted by Crippen LogP contribution is -2.50. The van der Waals surface area contributed by atoms with Gasteiger partial charge in [0, 0.05) is 19.7 Å². The number of amides is 3. The third kappa shape index (κ3) is 5.68. The smallest absolute Gasteiger partial charge is 0.270 e. The van der Waals surface area contributed by atoms with Gasteiger partial charge in [-0.1, -0.05) is 6.58 Å². The molecule has 3 amide bonds. The lowest BCUT2D eigenvalue weighted by molar-refractivity contribution is -0.118. The number of hydrogen-bond donors (Lipinski definition) is 3. The van der Waals surface area contributed by atoms with Gasteiger partial charge >= 0.3 is 6.03 Å². The van der Waals surface area contributed by atoms with E-state index in [1.165, 1.54) is 5.01 Å². The third-order valence-corrected chi connectivity index (χ3v) is 1.00. The van der Waals surface area contributed by atoms with Gasteiger partial charge in [-0.05, 0) is 6.92 Å². The Morgan fingerprint density at radius 3 is 2.15 bits per heavy atom. The van der Waals surface area contributed by atoms with E-state index in [-0.39, 0.29) is 0 Å². The number of rotatable bonds is 2. The van der Waals surface area contributed by atoms with Crippen molar-refractivity contribution in [1.82, 2.24) is 21.3 Å². The topological polar surface area (TPSA) is 73.5 Å². The Kier molecular flexibility index (Phi) is 4.53. The van der Waals surface area contributed by atoms with Crippen LogP contribution in [0, 0.1) is 0 Å². The Labute approximate surface area is 76.9 Å². The second-order valence-corrected chi connectivity index (χ2v) is 2.69. The molecule has 6 nitrogen and oxygen atoms in total. The summed E-state index contributed by atoms with van der Waals surface area (Å²) in [4.78, 5) is 21.7. The number of carbonyl (C=O) groups is 2. The van der Waals surface area contributed by atoms with Gasteiger partial charge in [0.05, 0.1) is 0 Å². The molecule has 0 aliphatic heterocycles. The molecule has 0 spiro atoms. The Morgan fingerprint density at radius 1 is 1.23 bits per heavy atom. The van der Waals surface area contributed by atoms with Gasteiger partial charge in [0.25, 0.3) is 5.91 Å². The van der Waals surface area contributed by atoms with Crippen molar-refractivity contribution in [3.8, 4) is 0 Å². The molecule has 0 saturated carbocycles. The first-order chi connectivity index (χ1) is 5.93. The molecule has 74 valence electrons. The lowest BCUT2D eigenvalue weighted by atomic mass is 10.3. The van der Waals surface area contributed by atoms with Crippen molar-refractivity contribution in [2.24, 2.45) is 0 Å². The highest BCUT2D eigenvalue weighted by atomic mass is 16.2. The van der Waals surface area contributed by atoms with Crippen LogP contribution < -0.4 is 16.3 Å². The van der Waals surface area contributed by atoms with Crippen molar-refractivity contribution >= 4 is 11.9 Å². The van der Waals surface area contributed by atoms with Crippen molar-refractivity contribution in [2.75, 3.05) is 14.1 Å². The summed E-state index contributed by atoms with van der Waals surface area (Å²) in [7, 11) is 3.31. The summed E-state index contributed by atoms with van der Waals surface area (Å²) >= 11 is 0. The number of hydrogen-bond acceptors (Lipinski definition) is 3. The van der Waals surface area contributed by atoms with Gasteiger partial charge in [0.15, 0.2) is 0 Å². The van der Waals surface area contributed by atoms with Crippen molar-refractivity contribution in [3.05, 3.63) is 12.2 Å². The summed E-state index contributed by atoms with van der Waals surface area (Å²) in [6.45, 7) is 4.94. The van der Waals surface area contributed by atoms with Crippen LogP contribution >= 0.6 is 0 Å². The zero-order valence-electron chi connectivity index (χ0n) is 7.97. The first-order valence-corrected chi connectivity index (χ1v) is 3.63. The fourth-order valence-electron chi connectivity index (χ4n) is 0.451. The van der Waals surface area contributed by atoms with Crippen LogP contribution in [0.3, 0.4) is 0 Å². The zero-order chi connectivity index (χ0) is 10.4. The summed E-state index contributed by atoms with van der Waals surface area (Å²) in [6.07, 6.45) is 0. The molecule has 0 atom stereocenters. The van der Waals surface area contributed by atoms with Crippen LogP contribution in [0.2, 0.25) is 0 Å². The van der Waals surface area contributed by atoms with E-state index in [1.807, 2.05) is 0 Å². The largest absolute Gasteiger partial charge is 0.347 e. The Bertz CT molecular complexity index is 225. The molecular formula is C7H14N4O2. The fraction of sp³-hybridized carbons (Fsp3) is 0.429. The molecule has 0 radical (unpaired) electrons. The number of carbonyl (C=O) groups excluding carboxylic acids is 2. The van der Waals surface area contributed by atoms with E-state index >= 15 is 0 Å². The summed E-state index contributed by atoms with van der Waals surface area (Å²) in [5, 5.41) is 1.45. The summed E-state index contributed by atoms with van der Waals surface area (Å²) in [6, 6.07) is -0.514. The molecule has 0 saturated heterocycles. The Morgan fingerprint density at radius 2 is 1.77 bits per heavy atom.